The summed E-state index contributed by atoms with van der Waals surface area (Å²) in [5.41, 5.74) is 1.05. The molecule has 3 aromatic rings. The van der Waals surface area contributed by atoms with Gasteiger partial charge >= 0.3 is 5.97 Å². The number of hydrogen-bond acceptors (Lipinski definition) is 6. The standard InChI is InChI=1S/C23H22ClN5O4S/c1-3-11-29-20(14(2)25-21(31)16-5-4-6-17(24)12-16)27-28-23(29)34-13-19(30)26-18-9-7-15(8-10-18)22(32)33/h3-10,12,14H,1,11,13H2,2H3,(H,25,31)(H,26,30)(H,32,33). The van der Waals surface area contributed by atoms with Crippen molar-refractivity contribution in [2.45, 2.75) is 24.7 Å². The van der Waals surface area contributed by atoms with Crippen LogP contribution in [0.3, 0.4) is 0 Å². The minimum absolute atomic E-state index is 0.0548. The molecule has 0 saturated heterocycles. The number of nitrogens with zero attached hydrogens (tertiary/aromatic N) is 3. The molecular weight excluding hydrogens is 478 g/mol. The number of carboxylic acids is 1. The van der Waals surface area contributed by atoms with Crippen LogP contribution in [0.1, 0.15) is 39.5 Å². The van der Waals surface area contributed by atoms with Crippen molar-refractivity contribution in [1.29, 1.82) is 0 Å². The molecule has 11 heteroatoms. The smallest absolute Gasteiger partial charge is 0.335 e. The Labute approximate surface area is 205 Å². The van der Waals surface area contributed by atoms with Gasteiger partial charge in [-0.25, -0.2) is 4.79 Å². The maximum atomic E-state index is 12.6. The fourth-order valence-corrected chi connectivity index (χ4v) is 3.97. The molecule has 0 bridgehead atoms. The molecule has 0 fully saturated rings. The van der Waals surface area contributed by atoms with Gasteiger partial charge in [-0.15, -0.1) is 16.8 Å². The number of rotatable bonds is 10. The van der Waals surface area contributed by atoms with Crippen molar-refractivity contribution in [1.82, 2.24) is 20.1 Å². The van der Waals surface area contributed by atoms with Crippen LogP contribution in [0.2, 0.25) is 5.02 Å². The number of halogens is 1. The maximum absolute atomic E-state index is 12.6. The summed E-state index contributed by atoms with van der Waals surface area (Å²) in [6.45, 7) is 5.93. The molecule has 0 aliphatic heterocycles. The molecule has 1 aromatic heterocycles. The number of carboxylic acid groups (broad SMARTS) is 1. The highest BCUT2D eigenvalue weighted by Crippen LogP contribution is 2.22. The van der Waals surface area contributed by atoms with Gasteiger partial charge in [0, 0.05) is 22.8 Å². The van der Waals surface area contributed by atoms with Gasteiger partial charge in [-0.2, -0.15) is 0 Å². The number of amides is 2. The van der Waals surface area contributed by atoms with Crippen molar-refractivity contribution in [2.75, 3.05) is 11.1 Å². The van der Waals surface area contributed by atoms with Crippen LogP contribution in [-0.2, 0) is 11.3 Å². The number of carbonyl (C=O) groups excluding carboxylic acids is 2. The van der Waals surface area contributed by atoms with Gasteiger partial charge in [-0.3, -0.25) is 9.59 Å². The second kappa shape index (κ2) is 11.5. The van der Waals surface area contributed by atoms with Crippen LogP contribution in [-0.4, -0.2) is 43.4 Å². The van der Waals surface area contributed by atoms with E-state index in [1.807, 2.05) is 0 Å². The van der Waals surface area contributed by atoms with E-state index in [9.17, 15) is 14.4 Å². The summed E-state index contributed by atoms with van der Waals surface area (Å²) < 4.78 is 1.77. The lowest BCUT2D eigenvalue weighted by Crippen LogP contribution is -2.28. The number of thioether (sulfide) groups is 1. The average Bonchev–Trinajstić information content (AvgIpc) is 3.21. The molecule has 9 nitrogen and oxygen atoms in total. The first-order valence-corrected chi connectivity index (χ1v) is 11.5. The van der Waals surface area contributed by atoms with Gasteiger partial charge < -0.3 is 20.3 Å². The first-order chi connectivity index (χ1) is 16.3. The van der Waals surface area contributed by atoms with Gasteiger partial charge in [0.2, 0.25) is 5.91 Å². The number of nitrogens with one attached hydrogen (secondary N) is 2. The molecule has 3 N–H and O–H groups in total. The van der Waals surface area contributed by atoms with Gasteiger partial charge in [0.05, 0.1) is 17.4 Å². The highest BCUT2D eigenvalue weighted by atomic mass is 35.5. The Morgan fingerprint density at radius 1 is 1.18 bits per heavy atom. The molecule has 0 saturated carbocycles. The van der Waals surface area contributed by atoms with E-state index in [4.69, 9.17) is 16.7 Å². The van der Waals surface area contributed by atoms with Crippen molar-refractivity contribution in [2.24, 2.45) is 0 Å². The third kappa shape index (κ3) is 6.46. The maximum Gasteiger partial charge on any atom is 0.335 e. The first-order valence-electron chi connectivity index (χ1n) is 10.1. The van der Waals surface area contributed by atoms with E-state index in [1.54, 1.807) is 41.8 Å². The van der Waals surface area contributed by atoms with Crippen LogP contribution < -0.4 is 10.6 Å². The van der Waals surface area contributed by atoms with Crippen LogP contribution in [0.5, 0.6) is 0 Å². The Kier molecular flexibility index (Phi) is 8.44. The molecule has 34 heavy (non-hydrogen) atoms. The van der Waals surface area contributed by atoms with Crippen molar-refractivity contribution in [3.8, 4) is 0 Å². The van der Waals surface area contributed by atoms with Crippen LogP contribution in [0.15, 0.2) is 66.3 Å². The lowest BCUT2D eigenvalue weighted by Gasteiger charge is -2.15. The van der Waals surface area contributed by atoms with E-state index < -0.39 is 12.0 Å². The predicted octanol–water partition coefficient (Wildman–Crippen LogP) is 4.04. The van der Waals surface area contributed by atoms with Crippen molar-refractivity contribution >= 4 is 46.8 Å². The minimum atomic E-state index is -1.04. The van der Waals surface area contributed by atoms with Crippen LogP contribution in [0, 0.1) is 0 Å². The zero-order chi connectivity index (χ0) is 24.7. The second-order valence-electron chi connectivity index (χ2n) is 7.16. The topological polar surface area (TPSA) is 126 Å². The highest BCUT2D eigenvalue weighted by Gasteiger charge is 2.20. The largest absolute Gasteiger partial charge is 0.478 e. The number of aromatic carboxylic acids is 1. The van der Waals surface area contributed by atoms with Gasteiger partial charge in [-0.05, 0) is 49.4 Å². The molecular formula is C23H22ClN5O4S. The summed E-state index contributed by atoms with van der Waals surface area (Å²) in [6.07, 6.45) is 1.67. The molecule has 2 amide bonds. The van der Waals surface area contributed by atoms with Gasteiger partial charge in [0.15, 0.2) is 11.0 Å². The van der Waals surface area contributed by atoms with E-state index in [0.717, 1.165) is 0 Å². The Bertz CT molecular complexity index is 1210. The third-order valence-corrected chi connectivity index (χ3v) is 5.83. The summed E-state index contributed by atoms with van der Waals surface area (Å²) >= 11 is 7.15. The molecule has 0 aliphatic rings. The second-order valence-corrected chi connectivity index (χ2v) is 8.54. The Hall–Kier alpha value is -3.63. The number of anilines is 1. The molecule has 1 unspecified atom stereocenters. The van der Waals surface area contributed by atoms with Gasteiger partial charge in [-0.1, -0.05) is 35.5 Å². The summed E-state index contributed by atoms with van der Waals surface area (Å²) in [5, 5.41) is 23.9. The van der Waals surface area contributed by atoms with Gasteiger partial charge in [0.25, 0.3) is 5.91 Å². The molecule has 0 spiro atoms. The van der Waals surface area contributed by atoms with E-state index in [2.05, 4.69) is 27.4 Å². The van der Waals surface area contributed by atoms with E-state index in [-0.39, 0.29) is 23.1 Å². The quantitative estimate of drug-likeness (QED) is 0.284. The van der Waals surface area contributed by atoms with Crippen molar-refractivity contribution in [3.63, 3.8) is 0 Å². The Morgan fingerprint density at radius 2 is 1.91 bits per heavy atom. The number of carbonyl (C=O) groups is 3. The number of hydrogen-bond donors (Lipinski definition) is 3. The zero-order valence-electron chi connectivity index (χ0n) is 18.2. The molecule has 0 aliphatic carbocycles. The van der Waals surface area contributed by atoms with Crippen molar-refractivity contribution in [3.05, 3.63) is 83.2 Å². The van der Waals surface area contributed by atoms with Crippen LogP contribution >= 0.6 is 23.4 Å². The number of benzene rings is 2. The Morgan fingerprint density at radius 3 is 2.56 bits per heavy atom. The minimum Gasteiger partial charge on any atom is -0.478 e. The summed E-state index contributed by atoms with van der Waals surface area (Å²) in [6, 6.07) is 12.0. The average molecular weight is 500 g/mol. The zero-order valence-corrected chi connectivity index (χ0v) is 19.8. The van der Waals surface area contributed by atoms with Crippen molar-refractivity contribution < 1.29 is 19.5 Å². The molecule has 1 heterocycles. The molecule has 3 rings (SSSR count). The lowest BCUT2D eigenvalue weighted by atomic mass is 10.2. The molecule has 0 radical (unpaired) electrons. The number of allylic oxidation sites excluding steroid dienone is 1. The fourth-order valence-electron chi connectivity index (χ4n) is 3.03. The van der Waals surface area contributed by atoms with Gasteiger partial charge in [0.1, 0.15) is 0 Å². The monoisotopic (exact) mass is 499 g/mol. The van der Waals surface area contributed by atoms with E-state index >= 15 is 0 Å². The van der Waals surface area contributed by atoms with E-state index in [1.165, 1.54) is 36.0 Å². The first kappa shape index (κ1) is 25.0. The normalized spacial score (nSPS) is 11.5. The molecule has 1 atom stereocenters. The third-order valence-electron chi connectivity index (χ3n) is 4.63. The lowest BCUT2D eigenvalue weighted by molar-refractivity contribution is -0.113. The summed E-state index contributed by atoms with van der Waals surface area (Å²) in [4.78, 5) is 35.8. The summed E-state index contributed by atoms with van der Waals surface area (Å²) in [7, 11) is 0. The summed E-state index contributed by atoms with van der Waals surface area (Å²) in [5.74, 6) is -1.05. The van der Waals surface area contributed by atoms with Crippen LogP contribution in [0.25, 0.3) is 0 Å². The van der Waals surface area contributed by atoms with E-state index in [0.29, 0.717) is 33.8 Å². The Balaban J connectivity index is 1.64. The number of aromatic nitrogens is 3. The highest BCUT2D eigenvalue weighted by molar-refractivity contribution is 7.99. The fraction of sp³-hybridized carbons (Fsp3) is 0.174. The van der Waals surface area contributed by atoms with Crippen LogP contribution in [0.4, 0.5) is 5.69 Å². The molecule has 176 valence electrons. The SMILES string of the molecule is C=CCn1c(SCC(=O)Nc2ccc(C(=O)O)cc2)nnc1C(C)NC(=O)c1cccc(Cl)c1. The molecule has 2 aromatic carbocycles. The predicted molar refractivity (Wildman–Crippen MR) is 130 cm³/mol.